The van der Waals surface area contributed by atoms with Crippen LogP contribution >= 0.6 is 11.8 Å². The number of aromatic carboxylic acids is 1. The van der Waals surface area contributed by atoms with E-state index in [4.69, 9.17) is 5.11 Å². The van der Waals surface area contributed by atoms with E-state index >= 15 is 0 Å². The molecule has 0 aliphatic carbocycles. The Morgan fingerprint density at radius 3 is 2.42 bits per heavy atom. The molecule has 1 aromatic carbocycles. The second kappa shape index (κ2) is 5.48. The Hall–Kier alpha value is -1.75. The highest BCUT2D eigenvalue weighted by atomic mass is 32.2. The van der Waals surface area contributed by atoms with E-state index in [0.29, 0.717) is 5.25 Å². The van der Waals surface area contributed by atoms with Crippen molar-refractivity contribution in [2.75, 3.05) is 0 Å². The molecule has 0 bridgehead atoms. The first-order valence-corrected chi connectivity index (χ1v) is 6.90. The number of benzene rings is 1. The zero-order valence-electron chi connectivity index (χ0n) is 11.1. The molecule has 5 heteroatoms. The summed E-state index contributed by atoms with van der Waals surface area (Å²) in [5, 5.41) is 13.4. The van der Waals surface area contributed by atoms with E-state index < -0.39 is 5.97 Å². The molecule has 0 unspecified atom stereocenters. The van der Waals surface area contributed by atoms with Crippen LogP contribution in [0.25, 0.3) is 11.3 Å². The van der Waals surface area contributed by atoms with Gasteiger partial charge < -0.3 is 5.11 Å². The van der Waals surface area contributed by atoms with Crippen LogP contribution in [0, 0.1) is 0 Å². The fourth-order valence-corrected chi connectivity index (χ4v) is 2.66. The minimum Gasteiger partial charge on any atom is -0.476 e. The zero-order valence-corrected chi connectivity index (χ0v) is 11.9. The fraction of sp³-hybridized carbons (Fsp3) is 0.286. The Kier molecular flexibility index (Phi) is 3.95. The van der Waals surface area contributed by atoms with Gasteiger partial charge in [0, 0.05) is 17.2 Å². The summed E-state index contributed by atoms with van der Waals surface area (Å²) in [5.74, 6) is -1.01. The summed E-state index contributed by atoms with van der Waals surface area (Å²) < 4.78 is 1.59. The molecule has 0 saturated carbocycles. The van der Waals surface area contributed by atoms with E-state index in [-0.39, 0.29) is 5.69 Å². The van der Waals surface area contributed by atoms with Crippen molar-refractivity contribution >= 4 is 17.7 Å². The molecule has 19 heavy (non-hydrogen) atoms. The van der Waals surface area contributed by atoms with Gasteiger partial charge in [-0.05, 0) is 23.8 Å². The number of carbonyl (C=O) groups is 1. The molecule has 1 heterocycles. The van der Waals surface area contributed by atoms with E-state index in [9.17, 15) is 4.79 Å². The maximum absolute atomic E-state index is 10.9. The lowest BCUT2D eigenvalue weighted by Gasteiger charge is -2.06. The summed E-state index contributed by atoms with van der Waals surface area (Å²) in [6.45, 7) is 4.30. The SMILES string of the molecule is CC(C)Sc1ccc(-c2cc(C(=O)O)nn2C)cc1. The van der Waals surface area contributed by atoms with Crippen LogP contribution < -0.4 is 0 Å². The number of carboxylic acids is 1. The Balaban J connectivity index is 2.29. The van der Waals surface area contributed by atoms with Gasteiger partial charge in [-0.15, -0.1) is 11.8 Å². The van der Waals surface area contributed by atoms with Gasteiger partial charge in [0.2, 0.25) is 0 Å². The molecule has 1 N–H and O–H groups in total. The Morgan fingerprint density at radius 1 is 1.32 bits per heavy atom. The van der Waals surface area contributed by atoms with Crippen LogP contribution in [-0.2, 0) is 7.05 Å². The number of hydrogen-bond donors (Lipinski definition) is 1. The summed E-state index contributed by atoms with van der Waals surface area (Å²) in [6.07, 6.45) is 0. The van der Waals surface area contributed by atoms with Gasteiger partial charge in [-0.25, -0.2) is 4.79 Å². The third kappa shape index (κ3) is 3.17. The average Bonchev–Trinajstić information content (AvgIpc) is 2.72. The number of carboxylic acid groups (broad SMARTS) is 1. The van der Waals surface area contributed by atoms with Crippen LogP contribution in [0.5, 0.6) is 0 Å². The third-order valence-electron chi connectivity index (χ3n) is 2.62. The molecule has 2 rings (SSSR count). The number of hydrogen-bond acceptors (Lipinski definition) is 3. The smallest absolute Gasteiger partial charge is 0.356 e. The number of thioether (sulfide) groups is 1. The van der Waals surface area contributed by atoms with E-state index in [2.05, 4.69) is 18.9 Å². The summed E-state index contributed by atoms with van der Waals surface area (Å²) in [6, 6.07) is 9.68. The van der Waals surface area contributed by atoms with Crippen LogP contribution in [0.3, 0.4) is 0 Å². The normalized spacial score (nSPS) is 10.9. The van der Waals surface area contributed by atoms with Crippen molar-refractivity contribution in [2.24, 2.45) is 7.05 Å². The topological polar surface area (TPSA) is 55.1 Å². The van der Waals surface area contributed by atoms with Crippen molar-refractivity contribution in [3.05, 3.63) is 36.0 Å². The van der Waals surface area contributed by atoms with Gasteiger partial charge in [0.25, 0.3) is 0 Å². The van der Waals surface area contributed by atoms with Crippen LogP contribution in [0.4, 0.5) is 0 Å². The van der Waals surface area contributed by atoms with E-state index in [1.807, 2.05) is 24.3 Å². The zero-order chi connectivity index (χ0) is 14.0. The van der Waals surface area contributed by atoms with Crippen LogP contribution in [-0.4, -0.2) is 26.1 Å². The molecule has 0 spiro atoms. The molecular weight excluding hydrogens is 260 g/mol. The second-order valence-electron chi connectivity index (χ2n) is 4.53. The standard InChI is InChI=1S/C14H16N2O2S/c1-9(2)19-11-6-4-10(5-7-11)13-8-12(14(17)18)15-16(13)3/h4-9H,1-3H3,(H,17,18). The van der Waals surface area contributed by atoms with Gasteiger partial charge in [-0.2, -0.15) is 5.10 Å². The maximum atomic E-state index is 10.9. The number of aromatic nitrogens is 2. The van der Waals surface area contributed by atoms with Crippen LogP contribution in [0.2, 0.25) is 0 Å². The minimum atomic E-state index is -1.01. The van der Waals surface area contributed by atoms with Crippen molar-refractivity contribution in [1.29, 1.82) is 0 Å². The Labute approximate surface area is 116 Å². The lowest BCUT2D eigenvalue weighted by atomic mass is 10.1. The molecule has 0 saturated heterocycles. The molecular formula is C14H16N2O2S. The van der Waals surface area contributed by atoms with Crippen molar-refractivity contribution in [2.45, 2.75) is 24.0 Å². The predicted molar refractivity (Wildman–Crippen MR) is 76.6 cm³/mol. The number of nitrogens with zero attached hydrogens (tertiary/aromatic N) is 2. The largest absolute Gasteiger partial charge is 0.476 e. The van der Waals surface area contributed by atoms with Crippen LogP contribution in [0.1, 0.15) is 24.3 Å². The van der Waals surface area contributed by atoms with Gasteiger partial charge in [0.05, 0.1) is 5.69 Å². The highest BCUT2D eigenvalue weighted by Gasteiger charge is 2.12. The first-order valence-electron chi connectivity index (χ1n) is 6.02. The fourth-order valence-electron chi connectivity index (χ4n) is 1.82. The molecule has 0 radical (unpaired) electrons. The summed E-state index contributed by atoms with van der Waals surface area (Å²) in [4.78, 5) is 12.1. The predicted octanol–water partition coefficient (Wildman–Crippen LogP) is 3.29. The first-order chi connectivity index (χ1) is 8.97. The van der Waals surface area contributed by atoms with Gasteiger partial charge in [0.15, 0.2) is 5.69 Å². The first kappa shape index (κ1) is 13.7. The molecule has 2 aromatic rings. The molecule has 1 aromatic heterocycles. The summed E-state index contributed by atoms with van der Waals surface area (Å²) >= 11 is 1.80. The van der Waals surface area contributed by atoms with E-state index in [1.165, 1.54) is 4.90 Å². The Morgan fingerprint density at radius 2 is 1.95 bits per heavy atom. The summed E-state index contributed by atoms with van der Waals surface area (Å²) in [7, 11) is 1.75. The maximum Gasteiger partial charge on any atom is 0.356 e. The second-order valence-corrected chi connectivity index (χ2v) is 6.18. The summed E-state index contributed by atoms with van der Waals surface area (Å²) in [5.41, 5.74) is 1.84. The molecule has 4 nitrogen and oxygen atoms in total. The quantitative estimate of drug-likeness (QED) is 0.871. The molecule has 0 amide bonds. The Bertz CT molecular complexity index is 588. The highest BCUT2D eigenvalue weighted by Crippen LogP contribution is 2.26. The average molecular weight is 276 g/mol. The minimum absolute atomic E-state index is 0.0677. The van der Waals surface area contributed by atoms with Gasteiger partial charge in [0.1, 0.15) is 0 Å². The molecule has 0 aliphatic rings. The monoisotopic (exact) mass is 276 g/mol. The highest BCUT2D eigenvalue weighted by molar-refractivity contribution is 7.99. The number of rotatable bonds is 4. The van der Waals surface area contributed by atoms with Crippen molar-refractivity contribution < 1.29 is 9.90 Å². The van der Waals surface area contributed by atoms with Gasteiger partial charge in [-0.3, -0.25) is 4.68 Å². The lowest BCUT2D eigenvalue weighted by Crippen LogP contribution is -1.99. The van der Waals surface area contributed by atoms with Crippen LogP contribution in [0.15, 0.2) is 35.2 Å². The number of aryl methyl sites for hydroxylation is 1. The third-order valence-corrected chi connectivity index (χ3v) is 3.64. The van der Waals surface area contributed by atoms with Crippen molar-refractivity contribution in [3.8, 4) is 11.3 Å². The van der Waals surface area contributed by atoms with E-state index in [0.717, 1.165) is 11.3 Å². The van der Waals surface area contributed by atoms with Crippen molar-refractivity contribution in [1.82, 2.24) is 9.78 Å². The van der Waals surface area contributed by atoms with E-state index in [1.54, 1.807) is 29.6 Å². The molecule has 0 atom stereocenters. The van der Waals surface area contributed by atoms with Gasteiger partial charge >= 0.3 is 5.97 Å². The van der Waals surface area contributed by atoms with Crippen molar-refractivity contribution in [3.63, 3.8) is 0 Å². The molecule has 100 valence electrons. The molecule has 0 fully saturated rings. The lowest BCUT2D eigenvalue weighted by molar-refractivity contribution is 0.0689. The van der Waals surface area contributed by atoms with Gasteiger partial charge in [-0.1, -0.05) is 26.0 Å². The molecule has 0 aliphatic heterocycles.